The molecular formula is C28H21ClN2. The highest BCUT2D eigenvalue weighted by atomic mass is 35.5. The van der Waals surface area contributed by atoms with Gasteiger partial charge in [0.2, 0.25) is 0 Å². The number of para-hydroxylation sites is 1. The number of fused-ring (bicyclic) bond motifs is 2. The molecule has 2 aliphatic heterocycles. The molecule has 1 atom stereocenters. The molecule has 0 N–H and O–H groups in total. The van der Waals surface area contributed by atoms with Gasteiger partial charge >= 0.3 is 0 Å². The van der Waals surface area contributed by atoms with E-state index in [2.05, 4.69) is 102 Å². The number of hydrogen-bond acceptors (Lipinski definition) is 2. The Morgan fingerprint density at radius 2 is 1.29 bits per heavy atom. The minimum absolute atomic E-state index is 0.127. The molecule has 2 nitrogen and oxygen atoms in total. The largest absolute Gasteiger partial charge is 0.346 e. The van der Waals surface area contributed by atoms with Crippen LogP contribution >= 0.6 is 11.6 Å². The molecule has 3 heteroatoms. The van der Waals surface area contributed by atoms with Gasteiger partial charge in [-0.2, -0.15) is 0 Å². The molecule has 4 aromatic rings. The van der Waals surface area contributed by atoms with Gasteiger partial charge in [0.25, 0.3) is 0 Å². The zero-order chi connectivity index (χ0) is 20.8. The standard InChI is InChI=1S/C28H21ClN2/c29-24-17-15-20(16-18-24)26-28(22-10-3-1-4-11-22,23-12-5-2-6-13-23)27-30-25-14-8-7-9-21(25)19-31(26)27/h1-18,26H,19H2/t26-/m0/s1. The van der Waals surface area contributed by atoms with Crippen molar-refractivity contribution in [3.63, 3.8) is 0 Å². The molecule has 1 saturated heterocycles. The third-order valence-electron chi connectivity index (χ3n) is 6.55. The smallest absolute Gasteiger partial charge is 0.123 e. The second-order valence-corrected chi connectivity index (χ2v) is 8.62. The van der Waals surface area contributed by atoms with Crippen molar-refractivity contribution in [3.05, 3.63) is 136 Å². The Bertz CT molecular complexity index is 1220. The Morgan fingerprint density at radius 1 is 0.710 bits per heavy atom. The van der Waals surface area contributed by atoms with Crippen LogP contribution in [0.5, 0.6) is 0 Å². The van der Waals surface area contributed by atoms with Gasteiger partial charge in [-0.3, -0.25) is 0 Å². The van der Waals surface area contributed by atoms with E-state index in [9.17, 15) is 0 Å². The van der Waals surface area contributed by atoms with Crippen LogP contribution in [0, 0.1) is 0 Å². The highest BCUT2D eigenvalue weighted by Gasteiger charge is 2.61. The van der Waals surface area contributed by atoms with Gasteiger partial charge in [-0.25, -0.2) is 4.99 Å². The first kappa shape index (κ1) is 18.4. The van der Waals surface area contributed by atoms with Crippen molar-refractivity contribution in [2.75, 3.05) is 0 Å². The molecule has 0 unspecified atom stereocenters. The minimum atomic E-state index is -0.357. The second kappa shape index (κ2) is 7.11. The van der Waals surface area contributed by atoms with Crippen LogP contribution in [0.2, 0.25) is 5.02 Å². The molecule has 0 radical (unpaired) electrons. The fourth-order valence-electron chi connectivity index (χ4n) is 5.23. The van der Waals surface area contributed by atoms with Crippen molar-refractivity contribution < 1.29 is 0 Å². The number of halogens is 1. The van der Waals surface area contributed by atoms with E-state index in [1.165, 1.54) is 22.3 Å². The lowest BCUT2D eigenvalue weighted by atomic mass is 9.59. The van der Waals surface area contributed by atoms with E-state index in [0.717, 1.165) is 23.1 Å². The number of amidine groups is 1. The maximum absolute atomic E-state index is 6.25. The van der Waals surface area contributed by atoms with Crippen molar-refractivity contribution >= 4 is 23.1 Å². The number of hydrogen-bond donors (Lipinski definition) is 0. The fourth-order valence-corrected chi connectivity index (χ4v) is 5.35. The predicted octanol–water partition coefficient (Wildman–Crippen LogP) is 6.93. The quantitative estimate of drug-likeness (QED) is 0.351. The average Bonchev–Trinajstić information content (AvgIpc) is 2.83. The van der Waals surface area contributed by atoms with Gasteiger partial charge in [-0.1, -0.05) is 103 Å². The number of rotatable bonds is 3. The first-order valence-electron chi connectivity index (χ1n) is 10.6. The van der Waals surface area contributed by atoms with Crippen LogP contribution in [-0.4, -0.2) is 10.7 Å². The van der Waals surface area contributed by atoms with Gasteiger partial charge in [0, 0.05) is 11.6 Å². The molecule has 0 amide bonds. The molecule has 1 fully saturated rings. The van der Waals surface area contributed by atoms with Crippen LogP contribution in [0.4, 0.5) is 5.69 Å². The molecule has 0 bridgehead atoms. The summed E-state index contributed by atoms with van der Waals surface area (Å²) >= 11 is 6.25. The van der Waals surface area contributed by atoms with Crippen LogP contribution in [0.15, 0.2) is 114 Å². The Hall–Kier alpha value is -3.36. The number of benzene rings is 4. The monoisotopic (exact) mass is 420 g/mol. The van der Waals surface area contributed by atoms with E-state index >= 15 is 0 Å². The van der Waals surface area contributed by atoms with Crippen LogP contribution in [-0.2, 0) is 12.0 Å². The topological polar surface area (TPSA) is 15.6 Å². The Balaban J connectivity index is 1.66. The summed E-state index contributed by atoms with van der Waals surface area (Å²) in [6.45, 7) is 0.851. The van der Waals surface area contributed by atoms with E-state index in [1.54, 1.807) is 0 Å². The summed E-state index contributed by atoms with van der Waals surface area (Å²) in [5.41, 5.74) is 5.74. The molecule has 2 aliphatic rings. The van der Waals surface area contributed by atoms with E-state index < -0.39 is 0 Å². The van der Waals surface area contributed by atoms with Crippen LogP contribution in [0.25, 0.3) is 0 Å². The Labute approximate surface area is 187 Å². The average molecular weight is 421 g/mol. The second-order valence-electron chi connectivity index (χ2n) is 8.19. The van der Waals surface area contributed by atoms with E-state index in [-0.39, 0.29) is 11.5 Å². The lowest BCUT2D eigenvalue weighted by Crippen LogP contribution is -2.66. The maximum Gasteiger partial charge on any atom is 0.123 e. The third-order valence-corrected chi connectivity index (χ3v) is 6.80. The van der Waals surface area contributed by atoms with Gasteiger partial charge in [0.15, 0.2) is 0 Å². The molecule has 2 heterocycles. The summed E-state index contributed by atoms with van der Waals surface area (Å²) in [6.07, 6.45) is 0. The highest BCUT2D eigenvalue weighted by Crippen LogP contribution is 2.58. The van der Waals surface area contributed by atoms with Gasteiger partial charge in [0.1, 0.15) is 11.3 Å². The van der Waals surface area contributed by atoms with Crippen molar-refractivity contribution in [2.24, 2.45) is 4.99 Å². The van der Waals surface area contributed by atoms with Gasteiger partial charge < -0.3 is 4.90 Å². The summed E-state index contributed by atoms with van der Waals surface area (Å²) in [5.74, 6) is 1.11. The van der Waals surface area contributed by atoms with Crippen molar-refractivity contribution in [1.82, 2.24) is 4.90 Å². The molecule has 0 aliphatic carbocycles. The predicted molar refractivity (Wildman–Crippen MR) is 127 cm³/mol. The van der Waals surface area contributed by atoms with Crippen LogP contribution in [0.3, 0.4) is 0 Å². The van der Waals surface area contributed by atoms with Crippen molar-refractivity contribution in [2.45, 2.75) is 18.0 Å². The minimum Gasteiger partial charge on any atom is -0.346 e. The normalized spacial score (nSPS) is 18.4. The number of aliphatic imine (C=N–C) groups is 1. The lowest BCUT2D eigenvalue weighted by molar-refractivity contribution is 0.158. The summed E-state index contributed by atoms with van der Waals surface area (Å²) in [7, 11) is 0. The first-order chi connectivity index (χ1) is 15.3. The molecule has 0 spiro atoms. The van der Waals surface area contributed by atoms with Gasteiger partial charge in [-0.15, -0.1) is 0 Å². The summed E-state index contributed by atoms with van der Waals surface area (Å²) in [5, 5.41) is 0.756. The molecule has 4 aromatic carbocycles. The zero-order valence-corrected chi connectivity index (χ0v) is 17.7. The molecule has 31 heavy (non-hydrogen) atoms. The lowest BCUT2D eigenvalue weighted by Gasteiger charge is -2.61. The van der Waals surface area contributed by atoms with Gasteiger partial charge in [0.05, 0.1) is 11.7 Å². The van der Waals surface area contributed by atoms with E-state index in [0.29, 0.717) is 0 Å². The highest BCUT2D eigenvalue weighted by molar-refractivity contribution is 6.30. The summed E-state index contributed by atoms with van der Waals surface area (Å²) in [6, 6.07) is 38.5. The first-order valence-corrected chi connectivity index (χ1v) is 11.0. The molecule has 6 rings (SSSR count). The Morgan fingerprint density at radius 3 is 1.94 bits per heavy atom. The SMILES string of the molecule is Clc1ccc([C@@H]2N3Cc4ccccc4N=C3C2(c2ccccc2)c2ccccc2)cc1. The van der Waals surface area contributed by atoms with Crippen LogP contribution < -0.4 is 0 Å². The third kappa shape index (κ3) is 2.68. The summed E-state index contributed by atoms with van der Waals surface area (Å²) in [4.78, 5) is 7.68. The van der Waals surface area contributed by atoms with Crippen molar-refractivity contribution in [1.29, 1.82) is 0 Å². The zero-order valence-electron chi connectivity index (χ0n) is 16.9. The molecule has 0 saturated carbocycles. The van der Waals surface area contributed by atoms with E-state index in [1.807, 2.05) is 12.1 Å². The fraction of sp³-hybridized carbons (Fsp3) is 0.107. The van der Waals surface area contributed by atoms with Gasteiger partial charge in [-0.05, 0) is 40.5 Å². The molecule has 150 valence electrons. The summed E-state index contributed by atoms with van der Waals surface area (Å²) < 4.78 is 0. The number of nitrogens with zero attached hydrogens (tertiary/aromatic N) is 2. The van der Waals surface area contributed by atoms with Crippen LogP contribution in [0.1, 0.15) is 28.3 Å². The Kier molecular flexibility index (Phi) is 4.22. The molecular weight excluding hydrogens is 400 g/mol. The maximum atomic E-state index is 6.25. The van der Waals surface area contributed by atoms with Crippen molar-refractivity contribution in [3.8, 4) is 0 Å². The molecule has 0 aromatic heterocycles. The van der Waals surface area contributed by atoms with E-state index in [4.69, 9.17) is 16.6 Å².